The third kappa shape index (κ3) is 6.44. The second-order valence-corrected chi connectivity index (χ2v) is 7.71. The number of carboxylic acid groups (broad SMARTS) is 1. The number of rotatable bonds is 9. The number of aromatic carboxylic acids is 1. The number of aromatic nitrogens is 2. The Morgan fingerprint density at radius 3 is 2.19 bits per heavy atom. The van der Waals surface area contributed by atoms with Crippen LogP contribution >= 0.6 is 0 Å². The number of nitrogens with one attached hydrogen (secondary N) is 1. The minimum absolute atomic E-state index is 0.0594. The summed E-state index contributed by atoms with van der Waals surface area (Å²) in [7, 11) is 1.32. The Kier molecular flexibility index (Phi) is 9.66. The third-order valence-corrected chi connectivity index (χ3v) is 5.29. The predicted octanol–water partition coefficient (Wildman–Crippen LogP) is 6.05. The van der Waals surface area contributed by atoms with E-state index in [-0.39, 0.29) is 11.4 Å². The van der Waals surface area contributed by atoms with Crippen molar-refractivity contribution >= 4 is 11.9 Å². The van der Waals surface area contributed by atoms with Crippen LogP contribution in [0.15, 0.2) is 48.5 Å². The van der Waals surface area contributed by atoms with Gasteiger partial charge < -0.3 is 15.2 Å². The number of amides is 1. The Bertz CT molecular complexity index is 1180. The summed E-state index contributed by atoms with van der Waals surface area (Å²) in [6.07, 6.45) is 0.790. The standard InChI is InChI=1S/C24H24F3N3O4.C2H6/c1-4-15-5-11-18(12-6-15)34-22-19(20(29-30(22)3)24(26,27)13-25)21(31)28-14(2)16-7-9-17(10-8-16)23(32)33;1-2/h5-12,14H,4,13H2,1-3H3,(H,28,31)(H,32,33);1-2H3/t14-;/m0./s1. The molecule has 194 valence electrons. The molecule has 0 aliphatic carbocycles. The highest BCUT2D eigenvalue weighted by molar-refractivity contribution is 5.98. The van der Waals surface area contributed by atoms with Gasteiger partial charge in [-0.05, 0) is 48.7 Å². The first kappa shape index (κ1) is 28.4. The molecule has 1 aromatic heterocycles. The zero-order chi connectivity index (χ0) is 27.0. The van der Waals surface area contributed by atoms with Gasteiger partial charge in [-0.2, -0.15) is 13.9 Å². The summed E-state index contributed by atoms with van der Waals surface area (Å²) in [5.41, 5.74) is 0.00731. The minimum Gasteiger partial charge on any atom is -0.478 e. The van der Waals surface area contributed by atoms with Crippen LogP contribution in [0.1, 0.15) is 71.3 Å². The van der Waals surface area contributed by atoms with E-state index in [1.807, 2.05) is 20.8 Å². The van der Waals surface area contributed by atoms with Gasteiger partial charge in [-0.25, -0.2) is 13.9 Å². The zero-order valence-electron chi connectivity index (χ0n) is 20.8. The highest BCUT2D eigenvalue weighted by Gasteiger charge is 2.42. The smallest absolute Gasteiger partial charge is 0.335 e. The molecule has 0 spiro atoms. The maximum Gasteiger partial charge on any atom is 0.335 e. The summed E-state index contributed by atoms with van der Waals surface area (Å²) in [4.78, 5) is 24.2. The lowest BCUT2D eigenvalue weighted by atomic mass is 10.0. The van der Waals surface area contributed by atoms with Crippen LogP contribution in [0.3, 0.4) is 0 Å². The number of nitrogens with zero attached hydrogens (tertiary/aromatic N) is 2. The number of carbonyl (C=O) groups is 2. The van der Waals surface area contributed by atoms with Crippen LogP contribution in [0.5, 0.6) is 11.6 Å². The number of halogens is 3. The molecule has 3 rings (SSSR count). The van der Waals surface area contributed by atoms with E-state index in [0.717, 1.165) is 16.7 Å². The number of hydrogen-bond acceptors (Lipinski definition) is 4. The van der Waals surface area contributed by atoms with Crippen LogP contribution in [-0.2, 0) is 19.4 Å². The van der Waals surface area contributed by atoms with Crippen LogP contribution in [0.4, 0.5) is 13.2 Å². The van der Waals surface area contributed by atoms with Crippen molar-refractivity contribution in [3.63, 3.8) is 0 Å². The van der Waals surface area contributed by atoms with E-state index in [0.29, 0.717) is 11.3 Å². The predicted molar refractivity (Wildman–Crippen MR) is 130 cm³/mol. The van der Waals surface area contributed by atoms with Crippen molar-refractivity contribution in [1.29, 1.82) is 0 Å². The summed E-state index contributed by atoms with van der Waals surface area (Å²) in [6, 6.07) is 11.9. The van der Waals surface area contributed by atoms with E-state index in [2.05, 4.69) is 10.4 Å². The Morgan fingerprint density at radius 1 is 1.11 bits per heavy atom. The summed E-state index contributed by atoms with van der Waals surface area (Å²) in [5, 5.41) is 15.3. The average molecular weight is 506 g/mol. The molecule has 0 saturated carbocycles. The summed E-state index contributed by atoms with van der Waals surface area (Å²) < 4.78 is 48.6. The monoisotopic (exact) mass is 505 g/mol. The van der Waals surface area contributed by atoms with E-state index in [1.54, 1.807) is 31.2 Å². The minimum atomic E-state index is -4.01. The molecule has 1 atom stereocenters. The Morgan fingerprint density at radius 2 is 1.69 bits per heavy atom. The van der Waals surface area contributed by atoms with Gasteiger partial charge in [-0.1, -0.05) is 45.0 Å². The number of ether oxygens (including phenoxy) is 1. The lowest BCUT2D eigenvalue weighted by Gasteiger charge is -2.17. The van der Waals surface area contributed by atoms with E-state index in [4.69, 9.17) is 9.84 Å². The van der Waals surface area contributed by atoms with Gasteiger partial charge in [0.2, 0.25) is 5.88 Å². The molecule has 0 bridgehead atoms. The van der Waals surface area contributed by atoms with Gasteiger partial charge >= 0.3 is 11.9 Å². The lowest BCUT2D eigenvalue weighted by Crippen LogP contribution is -2.30. The number of benzene rings is 2. The quantitative estimate of drug-likeness (QED) is 0.369. The maximum absolute atomic E-state index is 14.4. The molecule has 1 heterocycles. The van der Waals surface area contributed by atoms with Gasteiger partial charge in [0.15, 0.2) is 12.4 Å². The number of hydrogen-bond donors (Lipinski definition) is 2. The molecule has 0 saturated heterocycles. The first-order chi connectivity index (χ1) is 17.1. The molecule has 7 nitrogen and oxygen atoms in total. The van der Waals surface area contributed by atoms with Crippen molar-refractivity contribution in [3.8, 4) is 11.6 Å². The summed E-state index contributed by atoms with van der Waals surface area (Å²) >= 11 is 0. The summed E-state index contributed by atoms with van der Waals surface area (Å²) in [6.45, 7) is 5.53. The Hall–Kier alpha value is -3.82. The second kappa shape index (κ2) is 12.2. The number of carbonyl (C=O) groups excluding carboxylic acids is 1. The first-order valence-electron chi connectivity index (χ1n) is 11.5. The largest absolute Gasteiger partial charge is 0.478 e. The van der Waals surface area contributed by atoms with Gasteiger partial charge in [0.25, 0.3) is 5.91 Å². The average Bonchev–Trinajstić information content (AvgIpc) is 3.22. The fourth-order valence-corrected chi connectivity index (χ4v) is 3.32. The van der Waals surface area contributed by atoms with Gasteiger partial charge in [-0.15, -0.1) is 0 Å². The normalized spacial score (nSPS) is 11.8. The maximum atomic E-state index is 14.4. The molecule has 3 aromatic rings. The molecule has 2 aromatic carbocycles. The van der Waals surface area contributed by atoms with E-state index in [1.165, 1.54) is 31.3 Å². The van der Waals surface area contributed by atoms with Crippen LogP contribution < -0.4 is 10.1 Å². The van der Waals surface area contributed by atoms with Gasteiger partial charge in [0, 0.05) is 7.05 Å². The van der Waals surface area contributed by atoms with Crippen molar-refractivity contribution in [1.82, 2.24) is 15.1 Å². The van der Waals surface area contributed by atoms with Crippen molar-refractivity contribution in [2.75, 3.05) is 6.67 Å². The van der Waals surface area contributed by atoms with Crippen molar-refractivity contribution < 1.29 is 32.6 Å². The zero-order valence-corrected chi connectivity index (χ0v) is 20.8. The van der Waals surface area contributed by atoms with Crippen molar-refractivity contribution in [2.24, 2.45) is 7.05 Å². The van der Waals surface area contributed by atoms with Gasteiger partial charge in [0.05, 0.1) is 11.6 Å². The molecular weight excluding hydrogens is 475 g/mol. The molecule has 10 heteroatoms. The molecule has 0 unspecified atom stereocenters. The summed E-state index contributed by atoms with van der Waals surface area (Å²) in [5.74, 6) is -6.03. The van der Waals surface area contributed by atoms with Gasteiger partial charge in [0.1, 0.15) is 11.3 Å². The molecule has 36 heavy (non-hydrogen) atoms. The van der Waals surface area contributed by atoms with Crippen LogP contribution in [0.2, 0.25) is 0 Å². The Labute approximate surface area is 207 Å². The van der Waals surface area contributed by atoms with Crippen LogP contribution in [-0.4, -0.2) is 33.4 Å². The Balaban J connectivity index is 0.00000222. The second-order valence-electron chi connectivity index (χ2n) is 7.71. The molecule has 2 N–H and O–H groups in total. The number of alkyl halides is 3. The lowest BCUT2D eigenvalue weighted by molar-refractivity contribution is -0.0332. The number of aryl methyl sites for hydroxylation is 2. The fourth-order valence-electron chi connectivity index (χ4n) is 3.32. The van der Waals surface area contributed by atoms with Gasteiger partial charge in [-0.3, -0.25) is 4.79 Å². The SMILES string of the molecule is CC.CCc1ccc(Oc2c(C(=O)N[C@@H](C)c3ccc(C(=O)O)cc3)c(C(F)(F)CF)nn2C)cc1. The first-order valence-corrected chi connectivity index (χ1v) is 11.5. The topological polar surface area (TPSA) is 93.4 Å². The molecule has 0 radical (unpaired) electrons. The molecule has 0 aliphatic heterocycles. The van der Waals surface area contributed by atoms with E-state index in [9.17, 15) is 22.8 Å². The third-order valence-electron chi connectivity index (χ3n) is 5.29. The van der Waals surface area contributed by atoms with E-state index < -0.39 is 41.8 Å². The molecule has 0 aliphatic rings. The molecule has 1 amide bonds. The number of carboxylic acids is 1. The molecule has 0 fully saturated rings. The van der Waals surface area contributed by atoms with Crippen LogP contribution in [0, 0.1) is 0 Å². The van der Waals surface area contributed by atoms with Crippen LogP contribution in [0.25, 0.3) is 0 Å². The molecular formula is C26H30F3N3O4. The van der Waals surface area contributed by atoms with E-state index >= 15 is 0 Å². The van der Waals surface area contributed by atoms with Crippen molar-refractivity contribution in [2.45, 2.75) is 46.1 Å². The fraction of sp³-hybridized carbons (Fsp3) is 0.346. The van der Waals surface area contributed by atoms with Crippen molar-refractivity contribution in [3.05, 3.63) is 76.5 Å². The highest BCUT2D eigenvalue weighted by Crippen LogP contribution is 2.37. The highest BCUT2D eigenvalue weighted by atomic mass is 19.3.